The summed E-state index contributed by atoms with van der Waals surface area (Å²) >= 11 is 18.5. The van der Waals surface area contributed by atoms with E-state index < -0.39 is 0 Å². The second kappa shape index (κ2) is 27.4. The molecule has 0 bridgehead atoms. The predicted octanol–water partition coefficient (Wildman–Crippen LogP) is 24.2. The Hall–Kier alpha value is -2.18. The van der Waals surface area contributed by atoms with Crippen LogP contribution in [0.4, 0.5) is 5.69 Å². The number of thiophene rings is 8. The highest BCUT2D eigenvalue weighted by molar-refractivity contribution is 9.10. The normalized spacial score (nSPS) is 11.4. The van der Waals surface area contributed by atoms with Crippen LogP contribution in [0, 0.1) is 69.2 Å². The summed E-state index contributed by atoms with van der Waals surface area (Å²) in [6, 6.07) is 35.0. The summed E-state index contributed by atoms with van der Waals surface area (Å²) in [4.78, 5) is 21.8. The standard InChI is InChI=1S/C21H20S4.C12H27P.C10H9BrS2.C10H11NS2.C8H10.ClH/c1-12-5-7-18(22-12)20-16(9-14(3)24-20)11-17-10-15(4)25-21(17)19-8-6-13(2)23-19;1-10(2,3)13(11(4,5)6)12(7,8)9;2*1-6-3-4-9(12-6)10-8(11)5-7(2)13-10;1-7-5-3-4-6-8(7)2;/h5-10H,11H2,1-4H3;1-9H3;3-5H,1-2H3;3-5H,11H2,1-2H3;3-6H,1-2H3;1H. The lowest BCUT2D eigenvalue weighted by atomic mass is 10.0. The maximum atomic E-state index is 5.90. The van der Waals surface area contributed by atoms with Gasteiger partial charge in [0, 0.05) is 79.2 Å². The third-order valence-electron chi connectivity index (χ3n) is 11.2. The number of hydrogen-bond donors (Lipinski definition) is 1. The topological polar surface area (TPSA) is 26.0 Å². The Kier molecular flexibility index (Phi) is 23.8. The van der Waals surface area contributed by atoms with Crippen LogP contribution in [0.25, 0.3) is 39.0 Å². The zero-order valence-electron chi connectivity index (χ0n) is 46.5. The van der Waals surface area contributed by atoms with Crippen LogP contribution in [0.1, 0.15) is 124 Å². The molecule has 0 aliphatic heterocycles. The van der Waals surface area contributed by atoms with Crippen molar-refractivity contribution in [2.45, 2.75) is 153 Å². The number of nitrogens with two attached hydrogens (primary N) is 1. The molecule has 8 heterocycles. The van der Waals surface area contributed by atoms with Gasteiger partial charge in [0.25, 0.3) is 0 Å². The highest BCUT2D eigenvalue weighted by atomic mass is 79.9. The minimum Gasteiger partial charge on any atom is -0.398 e. The molecule has 12 heteroatoms. The number of benzene rings is 1. The van der Waals surface area contributed by atoms with Crippen LogP contribution in [0.15, 0.2) is 102 Å². The van der Waals surface area contributed by atoms with Crippen molar-refractivity contribution in [2.75, 3.05) is 5.73 Å². The number of aryl methyl sites for hydroxylation is 10. The van der Waals surface area contributed by atoms with E-state index >= 15 is 0 Å². The lowest BCUT2D eigenvalue weighted by molar-refractivity contribution is 0.644. The molecule has 394 valence electrons. The monoisotopic (exact) mass is 1230 g/mol. The zero-order chi connectivity index (χ0) is 53.5. The van der Waals surface area contributed by atoms with Gasteiger partial charge < -0.3 is 5.73 Å². The Labute approximate surface area is 488 Å². The molecule has 1 aromatic carbocycles. The second-order valence-corrected chi connectivity index (χ2v) is 37.1. The largest absolute Gasteiger partial charge is 0.398 e. The first kappa shape index (κ1) is 63.4. The number of hydrogen-bond acceptors (Lipinski definition) is 9. The van der Waals surface area contributed by atoms with Crippen LogP contribution in [0.3, 0.4) is 0 Å². The van der Waals surface area contributed by atoms with E-state index in [2.05, 4.69) is 238 Å². The summed E-state index contributed by atoms with van der Waals surface area (Å²) in [5.74, 6) is 0. The summed E-state index contributed by atoms with van der Waals surface area (Å²) in [6.45, 7) is 43.0. The van der Waals surface area contributed by atoms with E-state index in [9.17, 15) is 0 Å². The van der Waals surface area contributed by atoms with Crippen LogP contribution in [0.2, 0.25) is 0 Å². The maximum absolute atomic E-state index is 5.90. The Morgan fingerprint density at radius 3 is 0.945 bits per heavy atom. The molecule has 8 aromatic heterocycles. The molecule has 0 aliphatic rings. The minimum absolute atomic E-state index is 0. The molecule has 0 saturated heterocycles. The summed E-state index contributed by atoms with van der Waals surface area (Å²) < 4.78 is 1.22. The number of nitrogen functional groups attached to an aromatic ring is 1. The van der Waals surface area contributed by atoms with Gasteiger partial charge in [-0.1, -0.05) is 94.5 Å². The molecule has 1 nitrogen and oxygen atoms in total. The molecular weight excluding hydrogens is 1150 g/mol. The van der Waals surface area contributed by atoms with Gasteiger partial charge in [0.2, 0.25) is 0 Å². The van der Waals surface area contributed by atoms with Gasteiger partial charge in [-0.2, -0.15) is 0 Å². The molecule has 9 aromatic rings. The SMILES string of the molecule is CC(C)(C)P(C(C)(C)C)C(C)(C)C.Cc1ccc(-c2sc(C)cc2Br)s1.Cc1ccc(-c2sc(C)cc2Cc2cc(C)sc2-c2ccc(C)s2)s1.Cc1ccc(-c2sc(C)cc2N)s1.Cc1ccccc1C.Cl. The molecule has 0 fully saturated rings. The lowest BCUT2D eigenvalue weighted by Gasteiger charge is -2.49. The van der Waals surface area contributed by atoms with Crippen LogP contribution in [-0.4, -0.2) is 15.5 Å². The molecule has 73 heavy (non-hydrogen) atoms. The molecule has 0 saturated carbocycles. The lowest BCUT2D eigenvalue weighted by Crippen LogP contribution is -2.34. The fourth-order valence-corrected chi connectivity index (χ4v) is 24.3. The van der Waals surface area contributed by atoms with Crippen molar-refractivity contribution in [3.05, 3.63) is 163 Å². The van der Waals surface area contributed by atoms with Gasteiger partial charge in [-0.15, -0.1) is 103 Å². The predicted molar refractivity (Wildman–Crippen MR) is 353 cm³/mol. The third-order valence-corrected chi connectivity index (χ3v) is 25.2. The summed E-state index contributed by atoms with van der Waals surface area (Å²) in [6.07, 6.45) is 1.02. The summed E-state index contributed by atoms with van der Waals surface area (Å²) in [5, 5.41) is 1.35. The number of rotatable bonds is 6. The fraction of sp³-hybridized carbons (Fsp3) is 0.377. The van der Waals surface area contributed by atoms with Gasteiger partial charge in [0.15, 0.2) is 0 Å². The molecular formula is C61H78BrClNPS8. The maximum Gasteiger partial charge on any atom is 0.0674 e. The van der Waals surface area contributed by atoms with E-state index in [0.29, 0.717) is 15.5 Å². The zero-order valence-corrected chi connectivity index (χ0v) is 56.4. The van der Waals surface area contributed by atoms with E-state index in [4.69, 9.17) is 5.73 Å². The first-order valence-electron chi connectivity index (χ1n) is 24.4. The van der Waals surface area contributed by atoms with Crippen molar-refractivity contribution in [3.8, 4) is 39.0 Å². The van der Waals surface area contributed by atoms with Crippen LogP contribution in [0.5, 0.6) is 0 Å². The Balaban J connectivity index is 0.000000209. The van der Waals surface area contributed by atoms with E-state index in [1.807, 2.05) is 74.1 Å². The van der Waals surface area contributed by atoms with Crippen molar-refractivity contribution in [3.63, 3.8) is 0 Å². The highest BCUT2D eigenvalue weighted by Gasteiger charge is 2.41. The number of halogens is 2. The minimum atomic E-state index is 0. The van der Waals surface area contributed by atoms with Crippen molar-refractivity contribution in [1.29, 1.82) is 0 Å². The van der Waals surface area contributed by atoms with Gasteiger partial charge in [-0.25, -0.2) is 0 Å². The molecule has 0 aliphatic carbocycles. The van der Waals surface area contributed by atoms with E-state index in [0.717, 1.165) is 12.1 Å². The average Bonchev–Trinajstić information content (AvgIpc) is 4.13. The highest BCUT2D eigenvalue weighted by Crippen LogP contribution is 2.67. The summed E-state index contributed by atoms with van der Waals surface area (Å²) in [7, 11) is 0.0162. The van der Waals surface area contributed by atoms with Crippen molar-refractivity contribution < 1.29 is 0 Å². The first-order valence-corrected chi connectivity index (χ1v) is 33.1. The first-order chi connectivity index (χ1) is 33.5. The smallest absolute Gasteiger partial charge is 0.0674 e. The quantitative estimate of drug-likeness (QED) is 0.165. The molecule has 0 atom stereocenters. The molecule has 9 rings (SSSR count). The average molecular weight is 1230 g/mol. The fourth-order valence-electron chi connectivity index (χ4n) is 9.30. The summed E-state index contributed by atoms with van der Waals surface area (Å²) in [5.41, 5.74) is 12.5. The Morgan fingerprint density at radius 2 is 0.685 bits per heavy atom. The van der Waals surface area contributed by atoms with Gasteiger partial charge >= 0.3 is 0 Å². The molecule has 0 amide bonds. The third kappa shape index (κ3) is 18.8. The van der Waals surface area contributed by atoms with Crippen LogP contribution < -0.4 is 5.73 Å². The molecule has 0 radical (unpaired) electrons. The molecule has 0 unspecified atom stereocenters. The van der Waals surface area contributed by atoms with Crippen LogP contribution in [-0.2, 0) is 6.42 Å². The molecule has 0 spiro atoms. The Bertz CT molecular complexity index is 2900. The van der Waals surface area contributed by atoms with Gasteiger partial charge in [0.05, 0.1) is 15.4 Å². The molecule has 2 N–H and O–H groups in total. The van der Waals surface area contributed by atoms with Gasteiger partial charge in [-0.3, -0.25) is 0 Å². The van der Waals surface area contributed by atoms with Gasteiger partial charge in [0.1, 0.15) is 0 Å². The second-order valence-electron chi connectivity index (χ2n) is 21.3. The van der Waals surface area contributed by atoms with E-state index in [1.165, 1.54) is 105 Å². The van der Waals surface area contributed by atoms with Crippen molar-refractivity contribution in [2.24, 2.45) is 0 Å². The van der Waals surface area contributed by atoms with Crippen molar-refractivity contribution in [1.82, 2.24) is 0 Å². The number of anilines is 1. The van der Waals surface area contributed by atoms with E-state index in [-0.39, 0.29) is 20.3 Å². The Morgan fingerprint density at radius 1 is 0.384 bits per heavy atom. The van der Waals surface area contributed by atoms with Crippen LogP contribution >= 0.6 is 127 Å². The van der Waals surface area contributed by atoms with Gasteiger partial charge in [-0.05, 0) is 196 Å². The van der Waals surface area contributed by atoms with Crippen molar-refractivity contribution >= 4 is 133 Å². The van der Waals surface area contributed by atoms with E-state index in [1.54, 1.807) is 22.7 Å².